The number of benzene rings is 1. The number of hydrogen-bond acceptors (Lipinski definition) is 3. The van der Waals surface area contributed by atoms with Crippen LogP contribution in [0.3, 0.4) is 0 Å². The number of rotatable bonds is 4. The Labute approximate surface area is 109 Å². The molecule has 1 aliphatic rings. The molecule has 0 aromatic heterocycles. The van der Waals surface area contributed by atoms with Gasteiger partial charge in [0.25, 0.3) is 0 Å². The maximum absolute atomic E-state index is 11.7. The quantitative estimate of drug-likeness (QED) is 0.811. The van der Waals surface area contributed by atoms with Gasteiger partial charge in [0.1, 0.15) is 5.78 Å². The SMILES string of the molecule is CCC(=O)CN1CCN(C)CC1c1ccccc1. The van der Waals surface area contributed by atoms with Gasteiger partial charge in [-0.3, -0.25) is 9.69 Å². The first-order valence-corrected chi connectivity index (χ1v) is 6.70. The molecule has 0 saturated carbocycles. The van der Waals surface area contributed by atoms with E-state index in [9.17, 15) is 4.79 Å². The molecule has 0 bridgehead atoms. The van der Waals surface area contributed by atoms with E-state index in [0.29, 0.717) is 24.8 Å². The van der Waals surface area contributed by atoms with E-state index in [2.05, 4.69) is 41.1 Å². The van der Waals surface area contributed by atoms with Crippen molar-refractivity contribution in [2.24, 2.45) is 0 Å². The molecule has 1 aliphatic heterocycles. The Kier molecular flexibility index (Phi) is 4.50. The van der Waals surface area contributed by atoms with Crippen LogP contribution in [-0.4, -0.2) is 48.8 Å². The van der Waals surface area contributed by atoms with Gasteiger partial charge < -0.3 is 4.90 Å². The van der Waals surface area contributed by atoms with Crippen LogP contribution in [0.15, 0.2) is 30.3 Å². The van der Waals surface area contributed by atoms with Crippen molar-refractivity contribution in [1.82, 2.24) is 9.80 Å². The van der Waals surface area contributed by atoms with Gasteiger partial charge >= 0.3 is 0 Å². The number of carbonyl (C=O) groups is 1. The molecule has 1 saturated heterocycles. The van der Waals surface area contributed by atoms with Crippen molar-refractivity contribution in [3.63, 3.8) is 0 Å². The van der Waals surface area contributed by atoms with E-state index in [1.165, 1.54) is 5.56 Å². The topological polar surface area (TPSA) is 23.6 Å². The Morgan fingerprint density at radius 3 is 2.67 bits per heavy atom. The Morgan fingerprint density at radius 1 is 1.28 bits per heavy atom. The number of Topliss-reactive ketones (excluding diaryl/α,β-unsaturated/α-hetero) is 1. The molecule has 1 heterocycles. The van der Waals surface area contributed by atoms with Gasteiger partial charge in [-0.1, -0.05) is 37.3 Å². The third-order valence-electron chi connectivity index (χ3n) is 3.65. The van der Waals surface area contributed by atoms with Gasteiger partial charge in [0.15, 0.2) is 0 Å². The zero-order valence-electron chi connectivity index (χ0n) is 11.3. The maximum atomic E-state index is 11.7. The zero-order chi connectivity index (χ0) is 13.0. The number of hydrogen-bond donors (Lipinski definition) is 0. The molecule has 2 rings (SSSR count). The molecule has 3 heteroatoms. The van der Waals surface area contributed by atoms with Gasteiger partial charge in [0, 0.05) is 32.1 Å². The standard InChI is InChI=1S/C15H22N2O/c1-3-14(18)11-17-10-9-16(2)12-15(17)13-7-5-4-6-8-13/h4-8,15H,3,9-12H2,1-2H3. The van der Waals surface area contributed by atoms with Crippen molar-refractivity contribution >= 4 is 5.78 Å². The van der Waals surface area contributed by atoms with Crippen LogP contribution in [-0.2, 0) is 4.79 Å². The lowest BCUT2D eigenvalue weighted by atomic mass is 10.0. The van der Waals surface area contributed by atoms with Crippen LogP contribution in [0, 0.1) is 0 Å². The minimum atomic E-state index is 0.334. The fourth-order valence-electron chi connectivity index (χ4n) is 2.48. The molecule has 0 amide bonds. The number of piperazine rings is 1. The van der Waals surface area contributed by atoms with Crippen LogP contribution >= 0.6 is 0 Å². The summed E-state index contributed by atoms with van der Waals surface area (Å²) in [5, 5.41) is 0. The minimum Gasteiger partial charge on any atom is -0.303 e. The van der Waals surface area contributed by atoms with Crippen molar-refractivity contribution in [2.45, 2.75) is 19.4 Å². The Hall–Kier alpha value is -1.19. The van der Waals surface area contributed by atoms with Gasteiger partial charge in [-0.25, -0.2) is 0 Å². The third-order valence-corrected chi connectivity index (χ3v) is 3.65. The summed E-state index contributed by atoms with van der Waals surface area (Å²) >= 11 is 0. The highest BCUT2D eigenvalue weighted by Crippen LogP contribution is 2.24. The van der Waals surface area contributed by atoms with Gasteiger partial charge in [-0.2, -0.15) is 0 Å². The second-order valence-corrected chi connectivity index (χ2v) is 5.05. The Bertz CT molecular complexity index is 391. The first-order valence-electron chi connectivity index (χ1n) is 6.70. The van der Waals surface area contributed by atoms with Crippen LogP contribution in [0.25, 0.3) is 0 Å². The second kappa shape index (κ2) is 6.12. The molecule has 3 nitrogen and oxygen atoms in total. The molecule has 98 valence electrons. The van der Waals surface area contributed by atoms with Crippen molar-refractivity contribution in [3.8, 4) is 0 Å². The van der Waals surface area contributed by atoms with E-state index in [1.807, 2.05) is 13.0 Å². The minimum absolute atomic E-state index is 0.334. The Balaban J connectivity index is 2.13. The van der Waals surface area contributed by atoms with Crippen LogP contribution in [0.2, 0.25) is 0 Å². The maximum Gasteiger partial charge on any atom is 0.146 e. The molecule has 0 spiro atoms. The lowest BCUT2D eigenvalue weighted by Gasteiger charge is -2.40. The first kappa shape index (κ1) is 13.2. The van der Waals surface area contributed by atoms with E-state index < -0.39 is 0 Å². The van der Waals surface area contributed by atoms with Crippen LogP contribution in [0.5, 0.6) is 0 Å². The van der Waals surface area contributed by atoms with Crippen LogP contribution in [0.1, 0.15) is 24.9 Å². The second-order valence-electron chi connectivity index (χ2n) is 5.05. The molecular weight excluding hydrogens is 224 g/mol. The lowest BCUT2D eigenvalue weighted by molar-refractivity contribution is -0.121. The summed E-state index contributed by atoms with van der Waals surface area (Å²) in [6.07, 6.45) is 0.633. The van der Waals surface area contributed by atoms with Gasteiger partial charge in [0.05, 0.1) is 6.54 Å². The molecule has 18 heavy (non-hydrogen) atoms. The summed E-state index contributed by atoms with van der Waals surface area (Å²) in [4.78, 5) is 16.3. The van der Waals surface area contributed by atoms with E-state index in [-0.39, 0.29) is 0 Å². The predicted molar refractivity (Wildman–Crippen MR) is 73.6 cm³/mol. The molecule has 0 radical (unpaired) electrons. The predicted octanol–water partition coefficient (Wildman–Crippen LogP) is 1.95. The van der Waals surface area contributed by atoms with Gasteiger partial charge in [0.2, 0.25) is 0 Å². The molecule has 1 unspecified atom stereocenters. The summed E-state index contributed by atoms with van der Waals surface area (Å²) in [6.45, 7) is 5.54. The monoisotopic (exact) mass is 246 g/mol. The molecule has 1 aromatic carbocycles. The zero-order valence-corrected chi connectivity index (χ0v) is 11.3. The molecule has 1 fully saturated rings. The first-order chi connectivity index (χ1) is 8.70. The summed E-state index contributed by atoms with van der Waals surface area (Å²) in [7, 11) is 2.15. The fraction of sp³-hybridized carbons (Fsp3) is 0.533. The van der Waals surface area contributed by atoms with Crippen molar-refractivity contribution in [1.29, 1.82) is 0 Å². The number of ketones is 1. The number of carbonyl (C=O) groups excluding carboxylic acids is 1. The van der Waals surface area contributed by atoms with E-state index in [4.69, 9.17) is 0 Å². The van der Waals surface area contributed by atoms with Crippen LogP contribution < -0.4 is 0 Å². The highest BCUT2D eigenvalue weighted by atomic mass is 16.1. The number of likely N-dealkylation sites (N-methyl/N-ethyl adjacent to an activating group) is 1. The van der Waals surface area contributed by atoms with Crippen molar-refractivity contribution in [3.05, 3.63) is 35.9 Å². The average molecular weight is 246 g/mol. The Morgan fingerprint density at radius 2 is 2.00 bits per heavy atom. The third kappa shape index (κ3) is 3.18. The molecule has 1 atom stereocenters. The molecule has 1 aromatic rings. The summed E-state index contributed by atoms with van der Waals surface area (Å²) in [6, 6.07) is 10.9. The van der Waals surface area contributed by atoms with E-state index in [1.54, 1.807) is 0 Å². The summed E-state index contributed by atoms with van der Waals surface area (Å²) in [5.74, 6) is 0.334. The van der Waals surface area contributed by atoms with Crippen LogP contribution in [0.4, 0.5) is 0 Å². The number of nitrogens with zero attached hydrogens (tertiary/aromatic N) is 2. The highest BCUT2D eigenvalue weighted by molar-refractivity contribution is 5.80. The van der Waals surface area contributed by atoms with Crippen molar-refractivity contribution < 1.29 is 4.79 Å². The normalized spacial score (nSPS) is 22.0. The van der Waals surface area contributed by atoms with Gasteiger partial charge in [-0.05, 0) is 12.6 Å². The fourth-order valence-corrected chi connectivity index (χ4v) is 2.48. The molecule has 0 aliphatic carbocycles. The highest BCUT2D eigenvalue weighted by Gasteiger charge is 2.27. The van der Waals surface area contributed by atoms with Crippen molar-refractivity contribution in [2.75, 3.05) is 33.2 Å². The molecular formula is C15H22N2O. The largest absolute Gasteiger partial charge is 0.303 e. The lowest BCUT2D eigenvalue weighted by Crippen LogP contribution is -2.48. The van der Waals surface area contributed by atoms with E-state index in [0.717, 1.165) is 19.6 Å². The van der Waals surface area contributed by atoms with E-state index >= 15 is 0 Å². The average Bonchev–Trinajstić information content (AvgIpc) is 2.41. The van der Waals surface area contributed by atoms with Gasteiger partial charge in [-0.15, -0.1) is 0 Å². The molecule has 0 N–H and O–H groups in total. The summed E-state index contributed by atoms with van der Waals surface area (Å²) < 4.78 is 0. The summed E-state index contributed by atoms with van der Waals surface area (Å²) in [5.41, 5.74) is 1.31. The smallest absolute Gasteiger partial charge is 0.146 e.